The van der Waals surface area contributed by atoms with E-state index in [1.165, 1.54) is 6.92 Å². The van der Waals surface area contributed by atoms with Gasteiger partial charge >= 0.3 is 5.97 Å². The standard InChI is InChI=1S/C9H15NO4/c1-6(11)10-8(9(12)13)7-2-4-14-5-3-7/h7-8H,2-5H2,1H3,(H,10,11)(H,12,13)/t8-/m1/s1. The predicted octanol–water partition coefficient (Wildman–Crippen LogP) is 0.00230. The van der Waals surface area contributed by atoms with E-state index in [9.17, 15) is 9.59 Å². The van der Waals surface area contributed by atoms with Crippen LogP contribution in [0.4, 0.5) is 0 Å². The molecule has 1 aliphatic rings. The molecule has 0 bridgehead atoms. The van der Waals surface area contributed by atoms with Crippen molar-refractivity contribution in [2.24, 2.45) is 5.92 Å². The Morgan fingerprint density at radius 1 is 1.43 bits per heavy atom. The zero-order valence-electron chi connectivity index (χ0n) is 8.16. The molecular formula is C9H15NO4. The van der Waals surface area contributed by atoms with Gasteiger partial charge in [-0.15, -0.1) is 0 Å². The van der Waals surface area contributed by atoms with Crippen LogP contribution in [0.5, 0.6) is 0 Å². The highest BCUT2D eigenvalue weighted by atomic mass is 16.5. The first kappa shape index (κ1) is 11.0. The maximum absolute atomic E-state index is 10.9. The van der Waals surface area contributed by atoms with Crippen LogP contribution in [0.3, 0.4) is 0 Å². The summed E-state index contributed by atoms with van der Waals surface area (Å²) in [6.45, 7) is 2.48. The normalized spacial score (nSPS) is 20.1. The maximum atomic E-state index is 10.9. The Kier molecular flexibility index (Phi) is 3.88. The molecule has 1 aliphatic heterocycles. The molecule has 5 heteroatoms. The van der Waals surface area contributed by atoms with E-state index in [1.807, 2.05) is 0 Å². The molecule has 0 radical (unpaired) electrons. The molecule has 1 amide bonds. The minimum Gasteiger partial charge on any atom is -0.480 e. The van der Waals surface area contributed by atoms with Crippen molar-refractivity contribution < 1.29 is 19.4 Å². The number of amides is 1. The Morgan fingerprint density at radius 3 is 2.43 bits per heavy atom. The molecule has 80 valence electrons. The molecule has 1 rings (SSSR count). The molecule has 0 saturated carbocycles. The Labute approximate surface area is 82.4 Å². The van der Waals surface area contributed by atoms with Crippen LogP contribution in [0.25, 0.3) is 0 Å². The number of carbonyl (C=O) groups excluding carboxylic acids is 1. The smallest absolute Gasteiger partial charge is 0.326 e. The molecule has 5 nitrogen and oxygen atoms in total. The van der Waals surface area contributed by atoms with Gasteiger partial charge in [0.1, 0.15) is 6.04 Å². The predicted molar refractivity (Wildman–Crippen MR) is 48.8 cm³/mol. The second kappa shape index (κ2) is 4.95. The van der Waals surface area contributed by atoms with Crippen molar-refractivity contribution in [1.29, 1.82) is 0 Å². The van der Waals surface area contributed by atoms with Gasteiger partial charge in [0, 0.05) is 20.1 Å². The summed E-state index contributed by atoms with van der Waals surface area (Å²) in [4.78, 5) is 21.7. The molecule has 1 heterocycles. The van der Waals surface area contributed by atoms with Crippen molar-refractivity contribution in [3.63, 3.8) is 0 Å². The van der Waals surface area contributed by atoms with Crippen LogP contribution in [0.15, 0.2) is 0 Å². The molecule has 0 unspecified atom stereocenters. The molecule has 1 fully saturated rings. The van der Waals surface area contributed by atoms with Gasteiger partial charge in [-0.3, -0.25) is 4.79 Å². The summed E-state index contributed by atoms with van der Waals surface area (Å²) in [5, 5.41) is 11.4. The van der Waals surface area contributed by atoms with Crippen molar-refractivity contribution in [2.45, 2.75) is 25.8 Å². The average Bonchev–Trinajstić information content (AvgIpc) is 2.15. The SMILES string of the molecule is CC(=O)N[C@@H](C(=O)O)C1CCOCC1. The minimum atomic E-state index is -0.966. The monoisotopic (exact) mass is 201 g/mol. The van der Waals surface area contributed by atoms with Gasteiger partial charge in [-0.25, -0.2) is 4.79 Å². The fraction of sp³-hybridized carbons (Fsp3) is 0.778. The van der Waals surface area contributed by atoms with Crippen LogP contribution in [0.1, 0.15) is 19.8 Å². The van der Waals surface area contributed by atoms with Crippen molar-refractivity contribution in [2.75, 3.05) is 13.2 Å². The fourth-order valence-electron chi connectivity index (χ4n) is 1.65. The van der Waals surface area contributed by atoms with E-state index < -0.39 is 12.0 Å². The van der Waals surface area contributed by atoms with Crippen LogP contribution >= 0.6 is 0 Å². The lowest BCUT2D eigenvalue weighted by Gasteiger charge is -2.27. The summed E-state index contributed by atoms with van der Waals surface area (Å²) < 4.78 is 5.13. The fourth-order valence-corrected chi connectivity index (χ4v) is 1.65. The molecule has 2 N–H and O–H groups in total. The van der Waals surface area contributed by atoms with E-state index in [1.54, 1.807) is 0 Å². The average molecular weight is 201 g/mol. The van der Waals surface area contributed by atoms with Crippen LogP contribution in [-0.4, -0.2) is 36.2 Å². The van der Waals surface area contributed by atoms with Gasteiger partial charge in [0.05, 0.1) is 0 Å². The third kappa shape index (κ3) is 2.99. The van der Waals surface area contributed by atoms with E-state index in [4.69, 9.17) is 9.84 Å². The Morgan fingerprint density at radius 2 is 2.00 bits per heavy atom. The van der Waals surface area contributed by atoms with E-state index in [2.05, 4.69) is 5.32 Å². The van der Waals surface area contributed by atoms with Crippen LogP contribution in [0.2, 0.25) is 0 Å². The highest BCUT2D eigenvalue weighted by molar-refractivity contribution is 5.82. The van der Waals surface area contributed by atoms with Gasteiger partial charge in [0.25, 0.3) is 0 Å². The zero-order valence-corrected chi connectivity index (χ0v) is 8.16. The summed E-state index contributed by atoms with van der Waals surface area (Å²) in [5.74, 6) is -1.28. The number of rotatable bonds is 3. The molecule has 1 atom stereocenters. The number of aliphatic carboxylic acids is 1. The minimum absolute atomic E-state index is 0.00912. The van der Waals surface area contributed by atoms with Gasteiger partial charge in [0.15, 0.2) is 0 Å². The third-order valence-corrected chi connectivity index (χ3v) is 2.36. The molecule has 0 aromatic rings. The summed E-state index contributed by atoms with van der Waals surface area (Å²) >= 11 is 0. The molecule has 0 aromatic heterocycles. The Hall–Kier alpha value is -1.10. The second-order valence-corrected chi connectivity index (χ2v) is 3.47. The number of hydrogen-bond acceptors (Lipinski definition) is 3. The molecule has 0 aromatic carbocycles. The number of carboxylic acid groups (broad SMARTS) is 1. The van der Waals surface area contributed by atoms with E-state index in [-0.39, 0.29) is 11.8 Å². The van der Waals surface area contributed by atoms with Crippen LogP contribution in [-0.2, 0) is 14.3 Å². The lowest BCUT2D eigenvalue weighted by molar-refractivity contribution is -0.144. The summed E-state index contributed by atoms with van der Waals surface area (Å²) in [6.07, 6.45) is 1.38. The summed E-state index contributed by atoms with van der Waals surface area (Å²) in [7, 11) is 0. The lowest BCUT2D eigenvalue weighted by Crippen LogP contribution is -2.46. The Balaban J connectivity index is 2.56. The summed E-state index contributed by atoms with van der Waals surface area (Å²) in [5.41, 5.74) is 0. The molecule has 0 aliphatic carbocycles. The topological polar surface area (TPSA) is 75.6 Å². The molecular weight excluding hydrogens is 186 g/mol. The second-order valence-electron chi connectivity index (χ2n) is 3.47. The van der Waals surface area contributed by atoms with Crippen LogP contribution in [0, 0.1) is 5.92 Å². The van der Waals surface area contributed by atoms with Crippen molar-refractivity contribution >= 4 is 11.9 Å². The third-order valence-electron chi connectivity index (χ3n) is 2.36. The zero-order chi connectivity index (χ0) is 10.6. The maximum Gasteiger partial charge on any atom is 0.326 e. The van der Waals surface area contributed by atoms with E-state index in [0.717, 1.165) is 0 Å². The first-order valence-corrected chi connectivity index (χ1v) is 4.69. The quantitative estimate of drug-likeness (QED) is 0.674. The van der Waals surface area contributed by atoms with Gasteiger partial charge in [-0.2, -0.15) is 0 Å². The number of carboxylic acids is 1. The van der Waals surface area contributed by atoms with Crippen molar-refractivity contribution in [1.82, 2.24) is 5.32 Å². The first-order valence-electron chi connectivity index (χ1n) is 4.69. The van der Waals surface area contributed by atoms with Gasteiger partial charge in [0.2, 0.25) is 5.91 Å². The van der Waals surface area contributed by atoms with Crippen molar-refractivity contribution in [3.05, 3.63) is 0 Å². The first-order chi connectivity index (χ1) is 6.61. The number of ether oxygens (including phenoxy) is 1. The number of hydrogen-bond donors (Lipinski definition) is 2. The number of nitrogens with one attached hydrogen (secondary N) is 1. The van der Waals surface area contributed by atoms with Gasteiger partial charge < -0.3 is 15.2 Å². The Bertz CT molecular complexity index is 223. The molecule has 1 saturated heterocycles. The summed E-state index contributed by atoms with van der Waals surface area (Å²) in [6, 6.07) is -0.767. The number of carbonyl (C=O) groups is 2. The van der Waals surface area contributed by atoms with Crippen molar-refractivity contribution in [3.8, 4) is 0 Å². The molecule has 14 heavy (non-hydrogen) atoms. The highest BCUT2D eigenvalue weighted by Gasteiger charge is 2.30. The highest BCUT2D eigenvalue weighted by Crippen LogP contribution is 2.18. The van der Waals surface area contributed by atoms with Gasteiger partial charge in [-0.05, 0) is 18.8 Å². The largest absolute Gasteiger partial charge is 0.480 e. The molecule has 0 spiro atoms. The van der Waals surface area contributed by atoms with Gasteiger partial charge in [-0.1, -0.05) is 0 Å². The van der Waals surface area contributed by atoms with E-state index >= 15 is 0 Å². The lowest BCUT2D eigenvalue weighted by atomic mass is 9.92. The van der Waals surface area contributed by atoms with Crippen LogP contribution < -0.4 is 5.32 Å². The van der Waals surface area contributed by atoms with E-state index in [0.29, 0.717) is 26.1 Å².